The Labute approximate surface area is 54.3 Å². The second-order valence-electron chi connectivity index (χ2n) is 2.60. The van der Waals surface area contributed by atoms with Gasteiger partial charge in [-0.25, -0.2) is 9.97 Å². The van der Waals surface area contributed by atoms with E-state index in [0.29, 0.717) is 0 Å². The molecule has 0 unspecified atom stereocenters. The van der Waals surface area contributed by atoms with Crippen LogP contribution in [-0.4, -0.2) is 4.98 Å². The molecule has 0 bridgehead atoms. The molecule has 48 valence electrons. The highest BCUT2D eigenvalue weighted by atomic mass is 14.9. The van der Waals surface area contributed by atoms with Gasteiger partial charge in [-0.15, -0.1) is 0 Å². The molecule has 0 aliphatic heterocycles. The molecular formula is C7H11N2+. The van der Waals surface area contributed by atoms with Crippen molar-refractivity contribution < 1.29 is 4.98 Å². The Bertz CT molecular complexity index is 182. The van der Waals surface area contributed by atoms with Crippen molar-refractivity contribution in [2.24, 2.45) is 0 Å². The molecule has 2 nitrogen and oxygen atoms in total. The Morgan fingerprint density at radius 3 is 3.11 bits per heavy atom. The summed E-state index contributed by atoms with van der Waals surface area (Å²) in [4.78, 5) is 6.40. The lowest BCUT2D eigenvalue weighted by atomic mass is 10.0. The van der Waals surface area contributed by atoms with E-state index < -0.39 is 0 Å². The summed E-state index contributed by atoms with van der Waals surface area (Å²) in [5.74, 6) is 0. The van der Waals surface area contributed by atoms with Crippen molar-refractivity contribution in [3.63, 3.8) is 0 Å². The second-order valence-corrected chi connectivity index (χ2v) is 2.60. The Kier molecular flexibility index (Phi) is 1.04. The first-order valence-electron chi connectivity index (χ1n) is 3.53. The van der Waals surface area contributed by atoms with Crippen LogP contribution in [0.3, 0.4) is 0 Å². The van der Waals surface area contributed by atoms with Crippen molar-refractivity contribution in [1.29, 1.82) is 0 Å². The standard InChI is InChI=1S/C7H10N2/c1-2-4-7-6(3-1)8-5-9-7/h5H,1-4H2,(H,8,9)/p+1. The van der Waals surface area contributed by atoms with E-state index in [2.05, 4.69) is 9.97 Å². The minimum atomic E-state index is 1.23. The maximum absolute atomic E-state index is 3.20. The van der Waals surface area contributed by atoms with E-state index in [1.807, 2.05) is 6.33 Å². The molecule has 1 aromatic heterocycles. The third-order valence-corrected chi connectivity index (χ3v) is 1.96. The molecule has 1 aliphatic rings. The van der Waals surface area contributed by atoms with Gasteiger partial charge in [0.2, 0.25) is 6.33 Å². The lowest BCUT2D eigenvalue weighted by molar-refractivity contribution is -0.388. The fourth-order valence-electron chi connectivity index (χ4n) is 1.43. The van der Waals surface area contributed by atoms with Gasteiger partial charge in [-0.3, -0.25) is 0 Å². The zero-order valence-electron chi connectivity index (χ0n) is 5.41. The van der Waals surface area contributed by atoms with Gasteiger partial charge in [-0.05, 0) is 12.8 Å². The number of fused-ring (bicyclic) bond motifs is 1. The van der Waals surface area contributed by atoms with Gasteiger partial charge in [-0.1, -0.05) is 0 Å². The van der Waals surface area contributed by atoms with Crippen LogP contribution in [0.25, 0.3) is 0 Å². The maximum Gasteiger partial charge on any atom is 0.239 e. The molecule has 0 fully saturated rings. The first-order chi connectivity index (χ1) is 4.47. The predicted octanol–water partition coefficient (Wildman–Crippen LogP) is 0.708. The third-order valence-electron chi connectivity index (χ3n) is 1.96. The Morgan fingerprint density at radius 1 is 1.33 bits per heavy atom. The third kappa shape index (κ3) is 0.745. The van der Waals surface area contributed by atoms with Crippen LogP contribution in [0.2, 0.25) is 0 Å². The normalized spacial score (nSPS) is 17.3. The number of rotatable bonds is 0. The molecule has 0 amide bonds. The van der Waals surface area contributed by atoms with Crippen LogP contribution in [-0.2, 0) is 12.8 Å². The Hall–Kier alpha value is -0.790. The topological polar surface area (TPSA) is 29.9 Å². The predicted molar refractivity (Wildman–Crippen MR) is 34.0 cm³/mol. The van der Waals surface area contributed by atoms with Gasteiger partial charge in [0.25, 0.3) is 0 Å². The number of hydrogen-bond donors (Lipinski definition) is 1. The number of aromatic amines is 2. The molecule has 0 aromatic carbocycles. The van der Waals surface area contributed by atoms with E-state index >= 15 is 0 Å². The van der Waals surface area contributed by atoms with E-state index in [1.165, 1.54) is 37.1 Å². The molecule has 1 aromatic rings. The maximum atomic E-state index is 3.20. The molecule has 0 atom stereocenters. The van der Waals surface area contributed by atoms with Crippen LogP contribution in [0.1, 0.15) is 24.2 Å². The minimum Gasteiger partial charge on any atom is -0.247 e. The van der Waals surface area contributed by atoms with Crippen molar-refractivity contribution >= 4 is 0 Å². The molecule has 2 rings (SSSR count). The first-order valence-corrected chi connectivity index (χ1v) is 3.53. The zero-order valence-corrected chi connectivity index (χ0v) is 5.41. The van der Waals surface area contributed by atoms with Crippen LogP contribution >= 0.6 is 0 Å². The number of nitrogens with one attached hydrogen (secondary N) is 2. The molecule has 0 spiro atoms. The van der Waals surface area contributed by atoms with Crippen LogP contribution in [0, 0.1) is 0 Å². The highest BCUT2D eigenvalue weighted by Crippen LogP contribution is 2.13. The van der Waals surface area contributed by atoms with Crippen LogP contribution in [0.5, 0.6) is 0 Å². The van der Waals surface area contributed by atoms with E-state index in [9.17, 15) is 0 Å². The van der Waals surface area contributed by atoms with Gasteiger partial charge in [0, 0.05) is 12.8 Å². The van der Waals surface area contributed by atoms with E-state index in [-0.39, 0.29) is 0 Å². The fourth-order valence-corrected chi connectivity index (χ4v) is 1.43. The number of hydrogen-bond acceptors (Lipinski definition) is 0. The summed E-state index contributed by atoms with van der Waals surface area (Å²) < 4.78 is 0. The van der Waals surface area contributed by atoms with E-state index in [1.54, 1.807) is 0 Å². The molecule has 0 radical (unpaired) electrons. The Morgan fingerprint density at radius 2 is 2.22 bits per heavy atom. The van der Waals surface area contributed by atoms with Crippen molar-refractivity contribution in [2.75, 3.05) is 0 Å². The SMILES string of the molecule is c1[nH]c2c([nH+]1)CCCC2. The summed E-state index contributed by atoms with van der Waals surface area (Å²) in [6.45, 7) is 0. The van der Waals surface area contributed by atoms with E-state index in [4.69, 9.17) is 0 Å². The van der Waals surface area contributed by atoms with Gasteiger partial charge < -0.3 is 0 Å². The molecule has 0 saturated carbocycles. The number of aryl methyl sites for hydroxylation is 2. The van der Waals surface area contributed by atoms with Crippen LogP contribution in [0.4, 0.5) is 0 Å². The largest absolute Gasteiger partial charge is 0.247 e. The van der Waals surface area contributed by atoms with Gasteiger partial charge in [-0.2, -0.15) is 0 Å². The summed E-state index contributed by atoms with van der Waals surface area (Å²) in [6.07, 6.45) is 7.09. The summed E-state index contributed by atoms with van der Waals surface area (Å²) in [6, 6.07) is 0. The average Bonchev–Trinajstić information content (AvgIpc) is 2.33. The fraction of sp³-hybridized carbons (Fsp3) is 0.571. The van der Waals surface area contributed by atoms with Crippen LogP contribution < -0.4 is 4.98 Å². The second kappa shape index (κ2) is 1.87. The molecule has 9 heavy (non-hydrogen) atoms. The summed E-state index contributed by atoms with van der Waals surface area (Å²) >= 11 is 0. The van der Waals surface area contributed by atoms with Gasteiger partial charge in [0.15, 0.2) is 0 Å². The number of H-pyrrole nitrogens is 2. The number of imidazole rings is 1. The highest BCUT2D eigenvalue weighted by molar-refractivity contribution is 5.08. The van der Waals surface area contributed by atoms with Crippen molar-refractivity contribution in [2.45, 2.75) is 25.7 Å². The highest BCUT2D eigenvalue weighted by Gasteiger charge is 2.14. The van der Waals surface area contributed by atoms with Crippen molar-refractivity contribution in [3.8, 4) is 0 Å². The summed E-state index contributed by atoms with van der Waals surface area (Å²) in [5, 5.41) is 0. The smallest absolute Gasteiger partial charge is 0.239 e. The molecule has 1 heterocycles. The van der Waals surface area contributed by atoms with Gasteiger partial charge >= 0.3 is 0 Å². The molecule has 2 heteroatoms. The average molecular weight is 123 g/mol. The first kappa shape index (κ1) is 5.03. The molecular weight excluding hydrogens is 112 g/mol. The lowest BCUT2D eigenvalue weighted by Crippen LogP contribution is -2.10. The summed E-state index contributed by atoms with van der Waals surface area (Å²) in [5.41, 5.74) is 2.84. The summed E-state index contributed by atoms with van der Waals surface area (Å²) in [7, 11) is 0. The number of aromatic nitrogens is 2. The van der Waals surface area contributed by atoms with Crippen molar-refractivity contribution in [1.82, 2.24) is 4.98 Å². The molecule has 0 saturated heterocycles. The quantitative estimate of drug-likeness (QED) is 0.526. The molecule has 2 N–H and O–H groups in total. The van der Waals surface area contributed by atoms with Crippen molar-refractivity contribution in [3.05, 3.63) is 17.7 Å². The minimum absolute atomic E-state index is 1.23. The van der Waals surface area contributed by atoms with Gasteiger partial charge in [0.1, 0.15) is 11.4 Å². The molecule has 1 aliphatic carbocycles. The Balaban J connectivity index is 2.39. The zero-order chi connectivity index (χ0) is 6.10. The lowest BCUT2D eigenvalue weighted by Gasteiger charge is -2.03. The van der Waals surface area contributed by atoms with Crippen LogP contribution in [0.15, 0.2) is 6.33 Å². The van der Waals surface area contributed by atoms with Gasteiger partial charge in [0.05, 0.1) is 0 Å². The monoisotopic (exact) mass is 123 g/mol. The van der Waals surface area contributed by atoms with E-state index in [0.717, 1.165) is 0 Å².